The van der Waals surface area contributed by atoms with Gasteiger partial charge in [-0.2, -0.15) is 5.10 Å². The number of ether oxygens (including phenoxy) is 2. The number of benzene rings is 1. The largest absolute Gasteiger partial charge is 0.492 e. The summed E-state index contributed by atoms with van der Waals surface area (Å²) in [4.78, 5) is 14.5. The van der Waals surface area contributed by atoms with Crippen LogP contribution in [0, 0.1) is 0 Å². The van der Waals surface area contributed by atoms with Crippen LogP contribution in [-0.2, 0) is 9.53 Å². The van der Waals surface area contributed by atoms with Crippen molar-refractivity contribution in [3.63, 3.8) is 0 Å². The Kier molecular flexibility index (Phi) is 11.0. The van der Waals surface area contributed by atoms with Gasteiger partial charge in [-0.3, -0.25) is 5.01 Å². The van der Waals surface area contributed by atoms with Crippen LogP contribution in [0.1, 0.15) is 20.8 Å². The van der Waals surface area contributed by atoms with Crippen molar-refractivity contribution in [1.29, 1.82) is 0 Å². The lowest BCUT2D eigenvalue weighted by Gasteiger charge is -2.24. The Morgan fingerprint density at radius 1 is 1.23 bits per heavy atom. The summed E-state index contributed by atoms with van der Waals surface area (Å²) < 4.78 is 10.8. The molecule has 164 valence electrons. The van der Waals surface area contributed by atoms with Gasteiger partial charge in [0.15, 0.2) is 5.71 Å². The number of methoxy groups -OCH3 is 1. The minimum atomic E-state index is -0.555. The number of nitrogens with zero attached hydrogens (tertiary/aromatic N) is 3. The molecule has 7 nitrogen and oxygen atoms in total. The standard InChI is InChI=1S/C23H34N4O3/c1-8-27(9-2)19-14-15-20(21(17-19)30-10-3)26(6)25-22(23(28)29-7)18(4)13-11-12-16-24-5/h11-17,24H,4,8-10H2,1-3,5-7H3/p+1/b13-11-,16-12-,25-22-. The minimum Gasteiger partial charge on any atom is -0.492 e. The number of allylic oxidation sites excluding steroid dienone is 3. The van der Waals surface area contributed by atoms with Gasteiger partial charge < -0.3 is 19.7 Å². The molecule has 0 bridgehead atoms. The second kappa shape index (κ2) is 13.2. The zero-order chi connectivity index (χ0) is 22.5. The Morgan fingerprint density at radius 2 is 1.93 bits per heavy atom. The van der Waals surface area contributed by atoms with Crippen LogP contribution in [0.4, 0.5) is 11.4 Å². The lowest BCUT2D eigenvalue weighted by molar-refractivity contribution is -0.556. The van der Waals surface area contributed by atoms with Crippen LogP contribution in [-0.4, -0.2) is 52.6 Å². The number of nitrogens with two attached hydrogens (primary N) is 1. The molecule has 0 aliphatic carbocycles. The lowest BCUT2D eigenvalue weighted by atomic mass is 10.1. The van der Waals surface area contributed by atoms with Crippen molar-refractivity contribution in [3.05, 3.63) is 54.8 Å². The summed E-state index contributed by atoms with van der Waals surface area (Å²) in [5.74, 6) is 0.139. The molecule has 0 unspecified atom stereocenters. The van der Waals surface area contributed by atoms with Crippen molar-refractivity contribution in [2.75, 3.05) is 50.8 Å². The van der Waals surface area contributed by atoms with Gasteiger partial charge in [-0.25, -0.2) is 4.79 Å². The van der Waals surface area contributed by atoms with E-state index >= 15 is 0 Å². The highest BCUT2D eigenvalue weighted by molar-refractivity contribution is 6.44. The van der Waals surface area contributed by atoms with Crippen molar-refractivity contribution in [1.82, 2.24) is 0 Å². The third kappa shape index (κ3) is 7.08. The van der Waals surface area contributed by atoms with Gasteiger partial charge in [-0.05, 0) is 39.0 Å². The van der Waals surface area contributed by atoms with Crippen LogP contribution >= 0.6 is 0 Å². The fourth-order valence-electron chi connectivity index (χ4n) is 2.79. The van der Waals surface area contributed by atoms with Crippen LogP contribution in [0.2, 0.25) is 0 Å². The van der Waals surface area contributed by atoms with E-state index in [2.05, 4.69) is 30.4 Å². The molecule has 0 aliphatic heterocycles. The van der Waals surface area contributed by atoms with Crippen molar-refractivity contribution in [3.8, 4) is 5.75 Å². The predicted molar refractivity (Wildman–Crippen MR) is 124 cm³/mol. The first-order chi connectivity index (χ1) is 14.4. The van der Waals surface area contributed by atoms with E-state index in [9.17, 15) is 4.79 Å². The van der Waals surface area contributed by atoms with Crippen LogP contribution in [0.15, 0.2) is 59.9 Å². The van der Waals surface area contributed by atoms with Gasteiger partial charge in [-0.1, -0.05) is 18.7 Å². The number of hydrogen-bond acceptors (Lipinski definition) is 6. The van der Waals surface area contributed by atoms with E-state index in [1.807, 2.05) is 49.8 Å². The summed E-state index contributed by atoms with van der Waals surface area (Å²) >= 11 is 0. The molecule has 1 aromatic carbocycles. The molecule has 0 radical (unpaired) electrons. The van der Waals surface area contributed by atoms with Crippen molar-refractivity contribution >= 4 is 23.1 Å². The first kappa shape index (κ1) is 25.0. The molecular weight excluding hydrogens is 380 g/mol. The van der Waals surface area contributed by atoms with E-state index in [1.165, 1.54) is 7.11 Å². The topological polar surface area (TPSA) is 71.0 Å². The molecule has 1 rings (SSSR count). The van der Waals surface area contributed by atoms with Gasteiger partial charge >= 0.3 is 5.97 Å². The Morgan fingerprint density at radius 3 is 2.50 bits per heavy atom. The molecule has 30 heavy (non-hydrogen) atoms. The number of anilines is 2. The molecule has 2 N–H and O–H groups in total. The number of hydrogen-bond donors (Lipinski definition) is 1. The molecule has 0 aliphatic rings. The summed E-state index contributed by atoms with van der Waals surface area (Å²) in [7, 11) is 5.02. The maximum Gasteiger partial charge on any atom is 0.359 e. The first-order valence-corrected chi connectivity index (χ1v) is 10.2. The van der Waals surface area contributed by atoms with E-state index in [4.69, 9.17) is 9.47 Å². The number of carbonyl (C=O) groups is 1. The highest BCUT2D eigenvalue weighted by atomic mass is 16.5. The van der Waals surface area contributed by atoms with Crippen LogP contribution < -0.4 is 20.0 Å². The Bertz CT molecular complexity index is 796. The van der Waals surface area contributed by atoms with Gasteiger partial charge in [0.25, 0.3) is 0 Å². The number of rotatable bonds is 12. The van der Waals surface area contributed by atoms with Gasteiger partial charge in [0, 0.05) is 37.5 Å². The molecule has 0 heterocycles. The number of esters is 1. The van der Waals surface area contributed by atoms with E-state index in [0.29, 0.717) is 17.9 Å². The number of quaternary nitrogens is 1. The van der Waals surface area contributed by atoms with E-state index < -0.39 is 5.97 Å². The van der Waals surface area contributed by atoms with Gasteiger partial charge in [0.1, 0.15) is 11.4 Å². The summed E-state index contributed by atoms with van der Waals surface area (Å²) in [6.07, 6.45) is 7.25. The van der Waals surface area contributed by atoms with Crippen LogP contribution in [0.25, 0.3) is 0 Å². The lowest BCUT2D eigenvalue weighted by Crippen LogP contribution is -2.72. The maximum absolute atomic E-state index is 12.3. The zero-order valence-corrected chi connectivity index (χ0v) is 19.0. The molecule has 1 aromatic rings. The maximum atomic E-state index is 12.3. The molecule has 0 saturated carbocycles. The monoisotopic (exact) mass is 415 g/mol. The number of hydrazone groups is 1. The molecule has 0 fully saturated rings. The highest BCUT2D eigenvalue weighted by Gasteiger charge is 2.18. The third-order valence-corrected chi connectivity index (χ3v) is 4.37. The molecule has 0 aromatic heterocycles. The quantitative estimate of drug-likeness (QED) is 0.246. The molecule has 0 amide bonds. The normalized spacial score (nSPS) is 11.7. The first-order valence-electron chi connectivity index (χ1n) is 10.2. The summed E-state index contributed by atoms with van der Waals surface area (Å²) in [6.45, 7) is 12.4. The summed E-state index contributed by atoms with van der Waals surface area (Å²) in [5, 5.41) is 7.99. The van der Waals surface area contributed by atoms with Crippen molar-refractivity contribution in [2.45, 2.75) is 20.8 Å². The average molecular weight is 416 g/mol. The zero-order valence-electron chi connectivity index (χ0n) is 19.0. The van der Waals surface area contributed by atoms with E-state index in [1.54, 1.807) is 24.2 Å². The van der Waals surface area contributed by atoms with Gasteiger partial charge in [-0.15, -0.1) is 0 Å². The fourth-order valence-corrected chi connectivity index (χ4v) is 2.79. The van der Waals surface area contributed by atoms with E-state index in [-0.39, 0.29) is 5.71 Å². The predicted octanol–water partition coefficient (Wildman–Crippen LogP) is 2.72. The van der Waals surface area contributed by atoms with Gasteiger partial charge in [0.05, 0.1) is 27.0 Å². The third-order valence-electron chi connectivity index (χ3n) is 4.37. The minimum absolute atomic E-state index is 0.125. The molecular formula is C23H35N4O3+. The van der Waals surface area contributed by atoms with Crippen LogP contribution in [0.3, 0.4) is 0 Å². The second-order valence-corrected chi connectivity index (χ2v) is 6.32. The Balaban J connectivity index is 3.31. The molecule has 0 saturated heterocycles. The van der Waals surface area contributed by atoms with Crippen molar-refractivity contribution < 1.29 is 19.6 Å². The van der Waals surface area contributed by atoms with Crippen molar-refractivity contribution in [2.24, 2.45) is 5.10 Å². The molecule has 0 spiro atoms. The van der Waals surface area contributed by atoms with Crippen LogP contribution in [0.5, 0.6) is 5.75 Å². The fraction of sp³-hybridized carbons (Fsp3) is 0.391. The second-order valence-electron chi connectivity index (χ2n) is 6.32. The average Bonchev–Trinajstić information content (AvgIpc) is 2.75. The summed E-state index contributed by atoms with van der Waals surface area (Å²) in [5.41, 5.74) is 2.39. The molecule has 7 heteroatoms. The summed E-state index contributed by atoms with van der Waals surface area (Å²) in [6, 6.07) is 5.96. The highest BCUT2D eigenvalue weighted by Crippen LogP contribution is 2.33. The SMILES string of the molecule is C=C(/C=C\C=C/[NH2+]C)/C(=N/N(C)c1ccc(N(CC)CC)cc1OCC)C(=O)OC. The smallest absolute Gasteiger partial charge is 0.359 e. The van der Waals surface area contributed by atoms with E-state index in [0.717, 1.165) is 24.5 Å². The Hall–Kier alpha value is -3.06. The number of carbonyl (C=O) groups excluding carboxylic acids is 1. The molecule has 0 atom stereocenters. The van der Waals surface area contributed by atoms with Gasteiger partial charge in [0.2, 0.25) is 0 Å². The Labute approximate surface area is 180 Å².